The molecule has 0 spiro atoms. The third-order valence-corrected chi connectivity index (χ3v) is 6.03. The van der Waals surface area contributed by atoms with Crippen molar-refractivity contribution >= 4 is 55.0 Å². The van der Waals surface area contributed by atoms with Gasteiger partial charge >= 0.3 is 0 Å². The third kappa shape index (κ3) is 4.87. The van der Waals surface area contributed by atoms with E-state index in [9.17, 15) is 28.2 Å². The Hall–Kier alpha value is -4.75. The Morgan fingerprint density at radius 2 is 1.47 bits per heavy atom. The van der Waals surface area contributed by atoms with E-state index >= 15 is 0 Å². The fraction of sp³-hybridized carbons (Fsp3) is 0.0435. The zero-order valence-corrected chi connectivity index (χ0v) is 19.4. The molecule has 0 unspecified atom stereocenters. The van der Waals surface area contributed by atoms with Crippen molar-refractivity contribution in [2.45, 2.75) is 11.8 Å². The summed E-state index contributed by atoms with van der Waals surface area (Å²) in [6, 6.07) is 16.5. The SMILES string of the molecule is Cc1cc2cc(S(=O)(=O)O)c(N=Nc3ccc([N+](=O)[O-])cc3)c(N)c2c(O)c1N=Nc1ccccc1. The van der Waals surface area contributed by atoms with E-state index in [1.165, 1.54) is 30.3 Å². The van der Waals surface area contributed by atoms with E-state index in [1.807, 2.05) is 6.07 Å². The summed E-state index contributed by atoms with van der Waals surface area (Å²) in [6.07, 6.45) is 0. The normalized spacial score (nSPS) is 12.1. The van der Waals surface area contributed by atoms with Crippen LogP contribution in [0.15, 0.2) is 92.1 Å². The number of phenolic OH excluding ortho intramolecular Hbond substituents is 1. The molecular formula is C23H18N6O6S. The monoisotopic (exact) mass is 506 g/mol. The average Bonchev–Trinajstić information content (AvgIpc) is 2.83. The Kier molecular flexibility index (Phi) is 6.42. The largest absolute Gasteiger partial charge is 0.505 e. The van der Waals surface area contributed by atoms with E-state index in [0.29, 0.717) is 11.3 Å². The van der Waals surface area contributed by atoms with Gasteiger partial charge in [-0.1, -0.05) is 18.2 Å². The summed E-state index contributed by atoms with van der Waals surface area (Å²) in [7, 11) is -4.80. The molecule has 0 fully saturated rings. The standard InChI is InChI=1S/C23H18N6O6S/c1-13-11-14-12-18(36(33,34)35)22(28-26-16-7-9-17(10-8-16)29(31)32)20(24)19(14)23(30)21(13)27-25-15-5-3-2-4-6-15/h2-12,30H,24H2,1H3,(H,33,34,35). The predicted octanol–water partition coefficient (Wildman–Crippen LogP) is 6.42. The highest BCUT2D eigenvalue weighted by Crippen LogP contribution is 2.47. The van der Waals surface area contributed by atoms with Gasteiger partial charge in [-0.2, -0.15) is 18.6 Å². The van der Waals surface area contributed by atoms with Crippen LogP contribution in [0.5, 0.6) is 5.75 Å². The molecule has 0 aliphatic heterocycles. The average molecular weight is 507 g/mol. The molecule has 0 bridgehead atoms. The van der Waals surface area contributed by atoms with Crippen molar-refractivity contribution in [2.24, 2.45) is 20.5 Å². The van der Waals surface area contributed by atoms with Gasteiger partial charge in [0.25, 0.3) is 15.8 Å². The van der Waals surface area contributed by atoms with Crippen LogP contribution in [0.2, 0.25) is 0 Å². The number of hydrogen-bond acceptors (Lipinski definition) is 10. The summed E-state index contributed by atoms with van der Waals surface area (Å²) in [4.78, 5) is 9.61. The Labute approximate surface area is 204 Å². The summed E-state index contributed by atoms with van der Waals surface area (Å²) < 4.78 is 34.0. The summed E-state index contributed by atoms with van der Waals surface area (Å²) in [6.45, 7) is 1.64. The molecule has 4 aromatic carbocycles. The minimum atomic E-state index is -4.80. The third-order valence-electron chi connectivity index (χ3n) is 5.17. The molecule has 0 heterocycles. The maximum atomic E-state index is 12.1. The van der Waals surface area contributed by atoms with Gasteiger partial charge in [0, 0.05) is 12.1 Å². The molecule has 0 aliphatic rings. The van der Waals surface area contributed by atoms with Crippen molar-refractivity contribution in [3.8, 4) is 5.75 Å². The topological polar surface area (TPSA) is 193 Å². The molecule has 0 aromatic heterocycles. The molecule has 4 rings (SSSR count). The number of benzene rings is 4. The fourth-order valence-corrected chi connectivity index (χ4v) is 4.12. The number of rotatable bonds is 6. The van der Waals surface area contributed by atoms with Gasteiger partial charge in [0.15, 0.2) is 5.75 Å². The fourth-order valence-electron chi connectivity index (χ4n) is 3.45. The van der Waals surface area contributed by atoms with Crippen molar-refractivity contribution < 1.29 is 23.0 Å². The Bertz CT molecular complexity index is 1650. The van der Waals surface area contributed by atoms with Crippen molar-refractivity contribution in [2.75, 3.05) is 5.73 Å². The van der Waals surface area contributed by atoms with E-state index in [0.717, 1.165) is 6.07 Å². The van der Waals surface area contributed by atoms with Gasteiger partial charge in [-0.05, 0) is 54.3 Å². The number of hydrogen-bond donors (Lipinski definition) is 3. The molecule has 0 atom stereocenters. The van der Waals surface area contributed by atoms with Crippen molar-refractivity contribution in [3.05, 3.63) is 82.4 Å². The van der Waals surface area contributed by atoms with E-state index < -0.39 is 25.6 Å². The highest BCUT2D eigenvalue weighted by molar-refractivity contribution is 7.86. The molecule has 0 saturated carbocycles. The number of anilines is 1. The molecule has 13 heteroatoms. The molecule has 4 aromatic rings. The lowest BCUT2D eigenvalue weighted by Crippen LogP contribution is -2.02. The molecule has 12 nitrogen and oxygen atoms in total. The lowest BCUT2D eigenvalue weighted by Gasteiger charge is -2.13. The predicted molar refractivity (Wildman–Crippen MR) is 132 cm³/mol. The van der Waals surface area contributed by atoms with Crippen LogP contribution in [0.3, 0.4) is 0 Å². The Morgan fingerprint density at radius 3 is 2.06 bits per heavy atom. The first-order valence-corrected chi connectivity index (χ1v) is 11.7. The summed E-state index contributed by atoms with van der Waals surface area (Å²) >= 11 is 0. The molecular weight excluding hydrogens is 488 g/mol. The number of phenols is 1. The molecule has 0 radical (unpaired) electrons. The zero-order valence-electron chi connectivity index (χ0n) is 18.6. The number of non-ortho nitro benzene ring substituents is 1. The minimum Gasteiger partial charge on any atom is -0.505 e. The quantitative estimate of drug-likeness (QED) is 0.0881. The van der Waals surface area contributed by atoms with Crippen molar-refractivity contribution in [3.63, 3.8) is 0 Å². The maximum Gasteiger partial charge on any atom is 0.296 e. The lowest BCUT2D eigenvalue weighted by atomic mass is 10.0. The summed E-state index contributed by atoms with van der Waals surface area (Å²) in [5.74, 6) is -0.365. The molecule has 0 aliphatic carbocycles. The number of nitrogens with zero attached hydrogens (tertiary/aromatic N) is 5. The summed E-state index contributed by atoms with van der Waals surface area (Å²) in [5.41, 5.74) is 6.63. The molecule has 36 heavy (non-hydrogen) atoms. The van der Waals surface area contributed by atoms with Crippen LogP contribution in [0.1, 0.15) is 5.56 Å². The van der Waals surface area contributed by atoms with Crippen LogP contribution >= 0.6 is 0 Å². The van der Waals surface area contributed by atoms with Crippen LogP contribution in [0, 0.1) is 17.0 Å². The highest BCUT2D eigenvalue weighted by atomic mass is 32.2. The number of aryl methyl sites for hydroxylation is 1. The van der Waals surface area contributed by atoms with Gasteiger partial charge in [-0.15, -0.1) is 10.2 Å². The van der Waals surface area contributed by atoms with E-state index in [2.05, 4.69) is 20.5 Å². The number of nitrogens with two attached hydrogens (primary N) is 1. The van der Waals surface area contributed by atoms with Crippen LogP contribution in [-0.4, -0.2) is 23.0 Å². The van der Waals surface area contributed by atoms with Crippen molar-refractivity contribution in [1.29, 1.82) is 0 Å². The van der Waals surface area contributed by atoms with E-state index in [1.54, 1.807) is 31.2 Å². The first kappa shape index (κ1) is 24.4. The second kappa shape index (κ2) is 9.48. The van der Waals surface area contributed by atoms with E-state index in [4.69, 9.17) is 5.73 Å². The number of nitro benzene ring substituents is 1. The number of fused-ring (bicyclic) bond motifs is 1. The van der Waals surface area contributed by atoms with Gasteiger partial charge in [-0.25, -0.2) is 0 Å². The second-order valence-electron chi connectivity index (χ2n) is 7.61. The van der Waals surface area contributed by atoms with Crippen LogP contribution < -0.4 is 5.73 Å². The number of nitro groups is 1. The molecule has 182 valence electrons. The first-order chi connectivity index (χ1) is 17.1. The molecule has 0 saturated heterocycles. The van der Waals surface area contributed by atoms with Gasteiger partial charge in [0.1, 0.15) is 16.3 Å². The van der Waals surface area contributed by atoms with Crippen LogP contribution in [0.25, 0.3) is 10.8 Å². The maximum absolute atomic E-state index is 12.1. The van der Waals surface area contributed by atoms with Crippen molar-refractivity contribution in [1.82, 2.24) is 0 Å². The number of nitrogen functional groups attached to an aromatic ring is 1. The molecule has 4 N–H and O–H groups in total. The smallest absolute Gasteiger partial charge is 0.296 e. The summed E-state index contributed by atoms with van der Waals surface area (Å²) in [5, 5.41) is 38.1. The van der Waals surface area contributed by atoms with Gasteiger partial charge in [0.05, 0.1) is 27.4 Å². The van der Waals surface area contributed by atoms with Gasteiger partial charge < -0.3 is 10.8 Å². The highest BCUT2D eigenvalue weighted by Gasteiger charge is 2.24. The van der Waals surface area contributed by atoms with E-state index in [-0.39, 0.29) is 39.3 Å². The van der Waals surface area contributed by atoms with Crippen LogP contribution in [0.4, 0.5) is 34.1 Å². The Balaban J connectivity index is 1.89. The zero-order chi connectivity index (χ0) is 26.0. The first-order valence-electron chi connectivity index (χ1n) is 10.3. The number of aromatic hydroxyl groups is 1. The lowest BCUT2D eigenvalue weighted by molar-refractivity contribution is -0.384. The van der Waals surface area contributed by atoms with Gasteiger partial charge in [0.2, 0.25) is 0 Å². The van der Waals surface area contributed by atoms with Crippen LogP contribution in [-0.2, 0) is 10.1 Å². The minimum absolute atomic E-state index is 0.0349. The molecule has 0 amide bonds. The Morgan fingerprint density at radius 1 is 0.889 bits per heavy atom. The number of azo groups is 2. The van der Waals surface area contributed by atoms with Gasteiger partial charge in [-0.3, -0.25) is 14.7 Å². The second-order valence-corrected chi connectivity index (χ2v) is 9.00.